The summed E-state index contributed by atoms with van der Waals surface area (Å²) in [5.74, 6) is 0.761. The maximum absolute atomic E-state index is 10.1. The number of aliphatic hydroxyl groups excluding tert-OH is 1. The highest BCUT2D eigenvalue weighted by atomic mass is 16.3. The third-order valence-corrected chi connectivity index (χ3v) is 2.99. The molecule has 0 saturated carbocycles. The number of aromatic nitrogens is 3. The molecule has 0 aliphatic rings. The predicted molar refractivity (Wildman–Crippen MR) is 70.1 cm³/mol. The van der Waals surface area contributed by atoms with Crippen LogP contribution < -0.4 is 0 Å². The van der Waals surface area contributed by atoms with E-state index in [2.05, 4.69) is 41.3 Å². The fourth-order valence-corrected chi connectivity index (χ4v) is 1.79. The van der Waals surface area contributed by atoms with Gasteiger partial charge >= 0.3 is 0 Å². The SMILES string of the molecule is Cc1ccc(Cn2ncnc2C(O)C(C)C)cc1. The van der Waals surface area contributed by atoms with Crippen LogP contribution in [0.25, 0.3) is 0 Å². The molecule has 0 amide bonds. The molecule has 4 heteroatoms. The molecule has 0 aliphatic heterocycles. The van der Waals surface area contributed by atoms with E-state index in [-0.39, 0.29) is 5.92 Å². The van der Waals surface area contributed by atoms with Crippen LogP contribution in [-0.4, -0.2) is 19.9 Å². The molecule has 96 valence electrons. The summed E-state index contributed by atoms with van der Waals surface area (Å²) in [6, 6.07) is 8.29. The highest BCUT2D eigenvalue weighted by Crippen LogP contribution is 2.19. The second-order valence-corrected chi connectivity index (χ2v) is 4.95. The molecule has 2 rings (SSSR count). The van der Waals surface area contributed by atoms with E-state index >= 15 is 0 Å². The quantitative estimate of drug-likeness (QED) is 0.899. The number of nitrogens with zero attached hydrogens (tertiary/aromatic N) is 3. The standard InChI is InChI=1S/C14H19N3O/c1-10(2)13(18)14-15-9-16-17(14)8-12-6-4-11(3)5-7-12/h4-7,9-10,13,18H,8H2,1-3H3. The van der Waals surface area contributed by atoms with Crippen LogP contribution in [0.1, 0.15) is 36.9 Å². The number of aliphatic hydroxyl groups is 1. The number of hydrogen-bond acceptors (Lipinski definition) is 3. The minimum absolute atomic E-state index is 0.131. The number of rotatable bonds is 4. The summed E-state index contributed by atoms with van der Waals surface area (Å²) in [5, 5.41) is 14.2. The molecule has 2 aromatic rings. The summed E-state index contributed by atoms with van der Waals surface area (Å²) < 4.78 is 1.76. The van der Waals surface area contributed by atoms with Gasteiger partial charge in [0, 0.05) is 0 Å². The van der Waals surface area contributed by atoms with Crippen molar-refractivity contribution >= 4 is 0 Å². The van der Waals surface area contributed by atoms with Gasteiger partial charge in [0.1, 0.15) is 12.4 Å². The Bertz CT molecular complexity index is 502. The lowest BCUT2D eigenvalue weighted by atomic mass is 10.1. The molecule has 0 spiro atoms. The van der Waals surface area contributed by atoms with Gasteiger partial charge in [0.25, 0.3) is 0 Å². The van der Waals surface area contributed by atoms with E-state index in [1.165, 1.54) is 11.9 Å². The van der Waals surface area contributed by atoms with Crippen LogP contribution in [0.4, 0.5) is 0 Å². The van der Waals surface area contributed by atoms with E-state index in [1.54, 1.807) is 4.68 Å². The summed E-state index contributed by atoms with van der Waals surface area (Å²) >= 11 is 0. The van der Waals surface area contributed by atoms with Crippen molar-refractivity contribution in [2.45, 2.75) is 33.4 Å². The molecule has 0 fully saturated rings. The number of hydrogen-bond donors (Lipinski definition) is 1. The zero-order valence-corrected chi connectivity index (χ0v) is 11.0. The molecule has 0 saturated heterocycles. The van der Waals surface area contributed by atoms with Crippen LogP contribution in [0.2, 0.25) is 0 Å². The first-order chi connectivity index (χ1) is 8.58. The van der Waals surface area contributed by atoms with Crippen molar-refractivity contribution in [3.05, 3.63) is 47.5 Å². The average molecular weight is 245 g/mol. The second-order valence-electron chi connectivity index (χ2n) is 4.95. The lowest BCUT2D eigenvalue weighted by Crippen LogP contribution is -2.15. The molecular weight excluding hydrogens is 226 g/mol. The molecule has 0 bridgehead atoms. The fraction of sp³-hybridized carbons (Fsp3) is 0.429. The van der Waals surface area contributed by atoms with Gasteiger partial charge in [-0.25, -0.2) is 9.67 Å². The Balaban J connectivity index is 2.19. The largest absolute Gasteiger partial charge is 0.385 e. The average Bonchev–Trinajstić information content (AvgIpc) is 2.79. The first-order valence-electron chi connectivity index (χ1n) is 6.19. The summed E-state index contributed by atoms with van der Waals surface area (Å²) in [6.45, 7) is 6.64. The normalized spacial score (nSPS) is 12.9. The van der Waals surface area contributed by atoms with E-state index in [1.807, 2.05) is 13.8 Å². The van der Waals surface area contributed by atoms with Crippen molar-refractivity contribution in [3.8, 4) is 0 Å². The van der Waals surface area contributed by atoms with Gasteiger partial charge in [0.2, 0.25) is 0 Å². The number of benzene rings is 1. The third-order valence-electron chi connectivity index (χ3n) is 2.99. The van der Waals surface area contributed by atoms with Gasteiger partial charge in [-0.1, -0.05) is 43.7 Å². The summed E-state index contributed by atoms with van der Waals surface area (Å²) in [7, 11) is 0. The molecule has 1 aromatic carbocycles. The third kappa shape index (κ3) is 2.76. The minimum atomic E-state index is -0.571. The first-order valence-corrected chi connectivity index (χ1v) is 6.19. The highest BCUT2D eigenvalue weighted by Gasteiger charge is 2.18. The molecule has 0 aliphatic carbocycles. The molecule has 18 heavy (non-hydrogen) atoms. The Hall–Kier alpha value is -1.68. The highest BCUT2D eigenvalue weighted by molar-refractivity contribution is 5.21. The van der Waals surface area contributed by atoms with Gasteiger partial charge in [-0.05, 0) is 18.4 Å². The second kappa shape index (κ2) is 5.31. The zero-order valence-electron chi connectivity index (χ0n) is 11.0. The van der Waals surface area contributed by atoms with E-state index in [4.69, 9.17) is 0 Å². The van der Waals surface area contributed by atoms with Crippen LogP contribution >= 0.6 is 0 Å². The molecule has 4 nitrogen and oxygen atoms in total. The molecule has 1 heterocycles. The van der Waals surface area contributed by atoms with Crippen LogP contribution in [0.5, 0.6) is 0 Å². The maximum atomic E-state index is 10.1. The Morgan fingerprint density at radius 1 is 1.22 bits per heavy atom. The van der Waals surface area contributed by atoms with Crippen LogP contribution in [0.3, 0.4) is 0 Å². The van der Waals surface area contributed by atoms with Crippen molar-refractivity contribution in [1.82, 2.24) is 14.8 Å². The molecule has 1 aromatic heterocycles. The van der Waals surface area contributed by atoms with Gasteiger partial charge in [0.05, 0.1) is 6.54 Å². The summed E-state index contributed by atoms with van der Waals surface area (Å²) in [6.07, 6.45) is 0.924. The fourth-order valence-electron chi connectivity index (χ4n) is 1.79. The van der Waals surface area contributed by atoms with Crippen molar-refractivity contribution in [1.29, 1.82) is 0 Å². The van der Waals surface area contributed by atoms with Crippen LogP contribution in [0.15, 0.2) is 30.6 Å². The molecule has 1 unspecified atom stereocenters. The molecular formula is C14H19N3O. The first kappa shape index (κ1) is 12.8. The Kier molecular flexibility index (Phi) is 3.77. The van der Waals surface area contributed by atoms with Gasteiger partial charge in [0.15, 0.2) is 5.82 Å². The van der Waals surface area contributed by atoms with E-state index in [9.17, 15) is 5.11 Å². The Morgan fingerprint density at radius 2 is 1.89 bits per heavy atom. The lowest BCUT2D eigenvalue weighted by molar-refractivity contribution is 0.113. The molecule has 0 radical (unpaired) electrons. The lowest BCUT2D eigenvalue weighted by Gasteiger charge is -2.15. The van der Waals surface area contributed by atoms with Crippen LogP contribution in [0, 0.1) is 12.8 Å². The van der Waals surface area contributed by atoms with E-state index in [0.29, 0.717) is 12.4 Å². The summed E-state index contributed by atoms with van der Waals surface area (Å²) in [5.41, 5.74) is 2.39. The molecule has 1 atom stereocenters. The number of aryl methyl sites for hydroxylation is 1. The Labute approximate surface area is 107 Å². The minimum Gasteiger partial charge on any atom is -0.385 e. The van der Waals surface area contributed by atoms with Gasteiger partial charge in [-0.2, -0.15) is 5.10 Å². The van der Waals surface area contributed by atoms with E-state index in [0.717, 1.165) is 5.56 Å². The van der Waals surface area contributed by atoms with Gasteiger partial charge in [-0.15, -0.1) is 0 Å². The van der Waals surface area contributed by atoms with E-state index < -0.39 is 6.10 Å². The zero-order chi connectivity index (χ0) is 13.1. The monoisotopic (exact) mass is 245 g/mol. The molecule has 1 N–H and O–H groups in total. The maximum Gasteiger partial charge on any atom is 0.156 e. The van der Waals surface area contributed by atoms with Crippen molar-refractivity contribution < 1.29 is 5.11 Å². The van der Waals surface area contributed by atoms with Gasteiger partial charge < -0.3 is 5.11 Å². The predicted octanol–water partition coefficient (Wildman–Crippen LogP) is 2.32. The van der Waals surface area contributed by atoms with Gasteiger partial charge in [-0.3, -0.25) is 0 Å². The van der Waals surface area contributed by atoms with Crippen molar-refractivity contribution in [2.24, 2.45) is 5.92 Å². The van der Waals surface area contributed by atoms with Crippen molar-refractivity contribution in [3.63, 3.8) is 0 Å². The Morgan fingerprint density at radius 3 is 2.50 bits per heavy atom. The van der Waals surface area contributed by atoms with Crippen LogP contribution in [-0.2, 0) is 6.54 Å². The topological polar surface area (TPSA) is 50.9 Å². The summed E-state index contributed by atoms with van der Waals surface area (Å²) in [4.78, 5) is 4.15. The smallest absolute Gasteiger partial charge is 0.156 e. The van der Waals surface area contributed by atoms with Crippen molar-refractivity contribution in [2.75, 3.05) is 0 Å².